The first-order valence-electron chi connectivity index (χ1n) is 4.01. The fourth-order valence-corrected chi connectivity index (χ4v) is 1.75. The summed E-state index contributed by atoms with van der Waals surface area (Å²) in [6.45, 7) is -0.334. The van der Waals surface area contributed by atoms with Crippen LogP contribution in [0.25, 0.3) is 0 Å². The fraction of sp³-hybridized carbons (Fsp3) is 0.250. The predicted molar refractivity (Wildman–Crippen MR) is 53.7 cm³/mol. The molecule has 0 fully saturated rings. The molecule has 4 nitrogen and oxygen atoms in total. The van der Waals surface area contributed by atoms with Crippen molar-refractivity contribution in [2.24, 2.45) is 5.73 Å². The molecule has 0 aliphatic rings. The third-order valence-electron chi connectivity index (χ3n) is 1.86. The maximum atomic E-state index is 12.5. The van der Waals surface area contributed by atoms with Gasteiger partial charge in [-0.2, -0.15) is 13.2 Å². The van der Waals surface area contributed by atoms with E-state index >= 15 is 0 Å². The van der Waals surface area contributed by atoms with Crippen molar-refractivity contribution >= 4 is 21.6 Å². The third-order valence-corrected chi connectivity index (χ3v) is 2.32. The van der Waals surface area contributed by atoms with Crippen molar-refractivity contribution in [2.45, 2.75) is 12.7 Å². The van der Waals surface area contributed by atoms with E-state index in [2.05, 4.69) is 15.9 Å². The Labute approximate surface area is 96.5 Å². The average Bonchev–Trinajstić information content (AvgIpc) is 2.14. The Morgan fingerprint density at radius 1 is 1.44 bits per heavy atom. The van der Waals surface area contributed by atoms with E-state index in [-0.39, 0.29) is 16.6 Å². The van der Waals surface area contributed by atoms with Gasteiger partial charge in [0.25, 0.3) is 5.69 Å². The Balaban J connectivity index is 3.57. The molecule has 0 radical (unpaired) electrons. The maximum absolute atomic E-state index is 12.5. The van der Waals surface area contributed by atoms with Crippen LogP contribution in [-0.2, 0) is 12.7 Å². The van der Waals surface area contributed by atoms with Crippen molar-refractivity contribution in [2.75, 3.05) is 0 Å². The highest BCUT2D eigenvalue weighted by Gasteiger charge is 2.39. The Bertz CT molecular complexity index is 434. The highest BCUT2D eigenvalue weighted by Crippen LogP contribution is 2.39. The van der Waals surface area contributed by atoms with Crippen LogP contribution >= 0.6 is 15.9 Å². The molecule has 0 amide bonds. The monoisotopic (exact) mass is 298 g/mol. The van der Waals surface area contributed by atoms with Gasteiger partial charge >= 0.3 is 6.18 Å². The Morgan fingerprint density at radius 3 is 2.38 bits per heavy atom. The Morgan fingerprint density at radius 2 is 2.00 bits per heavy atom. The maximum Gasteiger partial charge on any atom is 0.423 e. The molecule has 88 valence electrons. The molecule has 16 heavy (non-hydrogen) atoms. The van der Waals surface area contributed by atoms with Crippen LogP contribution in [0.1, 0.15) is 11.1 Å². The number of alkyl halides is 3. The molecule has 0 heterocycles. The second-order valence-electron chi connectivity index (χ2n) is 2.92. The van der Waals surface area contributed by atoms with Crippen LogP contribution in [0.5, 0.6) is 0 Å². The van der Waals surface area contributed by atoms with Gasteiger partial charge in [0.15, 0.2) is 0 Å². The van der Waals surface area contributed by atoms with Crippen molar-refractivity contribution in [3.05, 3.63) is 37.8 Å². The minimum Gasteiger partial charge on any atom is -0.326 e. The van der Waals surface area contributed by atoms with E-state index in [9.17, 15) is 23.3 Å². The van der Waals surface area contributed by atoms with Crippen molar-refractivity contribution in [3.8, 4) is 0 Å². The molecule has 0 saturated heterocycles. The smallest absolute Gasteiger partial charge is 0.326 e. The summed E-state index contributed by atoms with van der Waals surface area (Å²) in [5.74, 6) is 0. The highest BCUT2D eigenvalue weighted by molar-refractivity contribution is 9.10. The number of nitrogens with two attached hydrogens (primary N) is 1. The molecular weight excluding hydrogens is 293 g/mol. The highest BCUT2D eigenvalue weighted by atomic mass is 79.9. The normalized spacial score (nSPS) is 11.6. The molecule has 0 aliphatic carbocycles. The first kappa shape index (κ1) is 12.9. The van der Waals surface area contributed by atoms with E-state index in [0.29, 0.717) is 6.07 Å². The summed E-state index contributed by atoms with van der Waals surface area (Å²) in [6.07, 6.45) is -4.78. The van der Waals surface area contributed by atoms with Crippen LogP contribution < -0.4 is 5.73 Å². The molecule has 0 bridgehead atoms. The van der Waals surface area contributed by atoms with Gasteiger partial charge in [-0.25, -0.2) is 0 Å². The van der Waals surface area contributed by atoms with E-state index in [4.69, 9.17) is 5.73 Å². The summed E-state index contributed by atoms with van der Waals surface area (Å²) >= 11 is 2.85. The lowest BCUT2D eigenvalue weighted by atomic mass is 10.1. The molecule has 1 rings (SSSR count). The van der Waals surface area contributed by atoms with E-state index in [1.54, 1.807) is 0 Å². The molecule has 0 aliphatic heterocycles. The third kappa shape index (κ3) is 2.50. The lowest BCUT2D eigenvalue weighted by molar-refractivity contribution is -0.388. The zero-order valence-corrected chi connectivity index (χ0v) is 9.30. The summed E-state index contributed by atoms with van der Waals surface area (Å²) in [7, 11) is 0. The zero-order valence-electron chi connectivity index (χ0n) is 7.71. The van der Waals surface area contributed by atoms with Crippen LogP contribution in [0.15, 0.2) is 16.6 Å². The van der Waals surface area contributed by atoms with Gasteiger partial charge in [-0.3, -0.25) is 10.1 Å². The molecular formula is C8H6BrF3N2O2. The SMILES string of the molecule is NCc1cc(Br)cc(C(F)(F)F)c1[N+](=O)[O-]. The number of benzene rings is 1. The largest absolute Gasteiger partial charge is 0.423 e. The number of nitro groups is 1. The summed E-state index contributed by atoms with van der Waals surface area (Å²) in [4.78, 5) is 9.52. The molecule has 0 unspecified atom stereocenters. The minimum atomic E-state index is -4.78. The van der Waals surface area contributed by atoms with Gasteiger partial charge in [0.05, 0.1) is 4.92 Å². The summed E-state index contributed by atoms with van der Waals surface area (Å²) < 4.78 is 37.7. The Kier molecular flexibility index (Phi) is 3.54. The molecule has 8 heteroatoms. The number of nitro benzene ring substituents is 1. The Hall–Kier alpha value is -1.15. The number of rotatable bonds is 2. The lowest BCUT2D eigenvalue weighted by Crippen LogP contribution is -2.12. The number of hydrogen-bond acceptors (Lipinski definition) is 3. The molecule has 0 saturated carbocycles. The van der Waals surface area contributed by atoms with Crippen molar-refractivity contribution < 1.29 is 18.1 Å². The van der Waals surface area contributed by atoms with Gasteiger partial charge in [-0.05, 0) is 12.1 Å². The topological polar surface area (TPSA) is 69.2 Å². The van der Waals surface area contributed by atoms with Crippen molar-refractivity contribution in [1.29, 1.82) is 0 Å². The van der Waals surface area contributed by atoms with E-state index in [1.807, 2.05) is 0 Å². The van der Waals surface area contributed by atoms with Gasteiger partial charge in [0, 0.05) is 16.6 Å². The summed E-state index contributed by atoms with van der Waals surface area (Å²) in [5.41, 5.74) is 2.73. The van der Waals surface area contributed by atoms with Crippen LogP contribution in [0, 0.1) is 10.1 Å². The van der Waals surface area contributed by atoms with Crippen LogP contribution in [0.3, 0.4) is 0 Å². The second kappa shape index (κ2) is 4.38. The van der Waals surface area contributed by atoms with Gasteiger partial charge in [-0.1, -0.05) is 15.9 Å². The first-order chi connectivity index (χ1) is 7.27. The van der Waals surface area contributed by atoms with Crippen LogP contribution in [0.4, 0.5) is 18.9 Å². The number of hydrogen-bond donors (Lipinski definition) is 1. The van der Waals surface area contributed by atoms with Gasteiger partial charge in [0.2, 0.25) is 0 Å². The van der Waals surface area contributed by atoms with Crippen molar-refractivity contribution in [1.82, 2.24) is 0 Å². The zero-order chi connectivity index (χ0) is 12.5. The summed E-state index contributed by atoms with van der Waals surface area (Å²) in [6, 6.07) is 1.87. The van der Waals surface area contributed by atoms with Crippen molar-refractivity contribution in [3.63, 3.8) is 0 Å². The quantitative estimate of drug-likeness (QED) is 0.674. The summed E-state index contributed by atoms with van der Waals surface area (Å²) in [5, 5.41) is 10.6. The van der Waals surface area contributed by atoms with E-state index < -0.39 is 22.4 Å². The van der Waals surface area contributed by atoms with Gasteiger partial charge in [0.1, 0.15) is 5.56 Å². The molecule has 1 aromatic carbocycles. The van der Waals surface area contributed by atoms with Crippen LogP contribution in [0.2, 0.25) is 0 Å². The molecule has 1 aromatic rings. The van der Waals surface area contributed by atoms with Gasteiger partial charge in [-0.15, -0.1) is 0 Å². The average molecular weight is 299 g/mol. The first-order valence-corrected chi connectivity index (χ1v) is 4.80. The van der Waals surface area contributed by atoms with E-state index in [0.717, 1.165) is 0 Å². The standard InChI is InChI=1S/C8H6BrF3N2O2/c9-5-1-4(3-13)7(14(15)16)6(2-5)8(10,11)12/h1-2H,3,13H2. The molecule has 2 N–H and O–H groups in total. The lowest BCUT2D eigenvalue weighted by Gasteiger charge is -2.10. The minimum absolute atomic E-state index is 0.103. The van der Waals surface area contributed by atoms with Crippen LogP contribution in [-0.4, -0.2) is 4.92 Å². The molecule has 0 atom stereocenters. The molecule has 0 spiro atoms. The predicted octanol–water partition coefficient (Wildman–Crippen LogP) is 2.83. The van der Waals surface area contributed by atoms with E-state index in [1.165, 1.54) is 6.07 Å². The molecule has 0 aromatic heterocycles. The number of nitrogens with zero attached hydrogens (tertiary/aromatic N) is 1. The fourth-order valence-electron chi connectivity index (χ4n) is 1.24. The number of halogens is 4. The second-order valence-corrected chi connectivity index (χ2v) is 3.84. The van der Waals surface area contributed by atoms with Gasteiger partial charge < -0.3 is 5.73 Å².